The fourth-order valence-electron chi connectivity index (χ4n) is 10.2. The number of hydrogen-bond donors (Lipinski definition) is 2. The van der Waals surface area contributed by atoms with Crippen molar-refractivity contribution in [3.63, 3.8) is 0 Å². The van der Waals surface area contributed by atoms with E-state index in [4.69, 9.17) is 14.3 Å². The van der Waals surface area contributed by atoms with Gasteiger partial charge in [0.05, 0.1) is 31.1 Å². The van der Waals surface area contributed by atoms with Crippen molar-refractivity contribution in [3.05, 3.63) is 107 Å². The monoisotopic (exact) mass is 934 g/mol. The molecular formula is C56H82N6O4P+. The Labute approximate surface area is 405 Å². The molecule has 2 aromatic rings. The van der Waals surface area contributed by atoms with Crippen LogP contribution in [-0.4, -0.2) is 78.2 Å². The highest BCUT2D eigenvalue weighted by Crippen LogP contribution is 2.49. The number of amides is 2. The Morgan fingerprint density at radius 2 is 1.49 bits per heavy atom. The lowest BCUT2D eigenvalue weighted by molar-refractivity contribution is -0.437. The van der Waals surface area contributed by atoms with Crippen LogP contribution >= 0.6 is 8.53 Å². The molecule has 0 saturated carbocycles. The van der Waals surface area contributed by atoms with Gasteiger partial charge in [-0.15, -0.1) is 0 Å². The minimum absolute atomic E-state index is 0.220. The van der Waals surface area contributed by atoms with Gasteiger partial charge in [-0.05, 0) is 109 Å². The van der Waals surface area contributed by atoms with Crippen LogP contribution in [0.2, 0.25) is 0 Å². The van der Waals surface area contributed by atoms with Gasteiger partial charge >= 0.3 is 0 Å². The summed E-state index contributed by atoms with van der Waals surface area (Å²) in [7, 11) is -1.27. The molecule has 0 saturated heterocycles. The molecule has 0 aromatic heterocycles. The number of hydrogen-bond acceptors (Lipinski definition) is 7. The minimum Gasteiger partial charge on any atom is -0.355 e. The Morgan fingerprint density at radius 3 is 2.18 bits per heavy atom. The lowest BCUT2D eigenvalue weighted by Crippen LogP contribution is -2.52. The summed E-state index contributed by atoms with van der Waals surface area (Å²) in [6.07, 6.45) is 18.6. The van der Waals surface area contributed by atoms with Crippen LogP contribution in [0, 0.1) is 16.7 Å². The van der Waals surface area contributed by atoms with Gasteiger partial charge in [-0.25, -0.2) is 4.67 Å². The van der Waals surface area contributed by atoms with Crippen LogP contribution in [0.5, 0.6) is 0 Å². The Balaban J connectivity index is 1.41. The maximum atomic E-state index is 14.8. The van der Waals surface area contributed by atoms with Crippen LogP contribution < -0.4 is 15.5 Å². The summed E-state index contributed by atoms with van der Waals surface area (Å²) in [5.41, 5.74) is 7.68. The summed E-state index contributed by atoms with van der Waals surface area (Å²) >= 11 is 0. The molecule has 2 unspecified atom stereocenters. The highest BCUT2D eigenvalue weighted by atomic mass is 31.2. The van der Waals surface area contributed by atoms with Crippen LogP contribution in [0.25, 0.3) is 0 Å². The van der Waals surface area contributed by atoms with E-state index < -0.39 is 13.9 Å². The second-order valence-corrected chi connectivity index (χ2v) is 21.5. The van der Waals surface area contributed by atoms with Crippen molar-refractivity contribution in [2.75, 3.05) is 44.3 Å². The van der Waals surface area contributed by atoms with Gasteiger partial charge in [0.15, 0.2) is 5.71 Å². The van der Waals surface area contributed by atoms with Crippen molar-refractivity contribution in [3.8, 4) is 6.07 Å². The van der Waals surface area contributed by atoms with Crippen molar-refractivity contribution < 1.29 is 23.2 Å². The zero-order chi connectivity index (χ0) is 48.8. The molecule has 1 aliphatic carbocycles. The smallest absolute Gasteiger partial charge is 0.259 e. The summed E-state index contributed by atoms with van der Waals surface area (Å²) in [4.78, 5) is 31.8. The molecule has 0 spiro atoms. The predicted molar refractivity (Wildman–Crippen MR) is 278 cm³/mol. The fourth-order valence-corrected chi connectivity index (χ4v) is 11.8. The molecule has 67 heavy (non-hydrogen) atoms. The second-order valence-electron chi connectivity index (χ2n) is 20.0. The molecule has 0 fully saturated rings. The Morgan fingerprint density at radius 1 is 0.821 bits per heavy atom. The van der Waals surface area contributed by atoms with E-state index >= 15 is 0 Å². The number of anilines is 1. The number of carbonyl (C=O) groups excluding carboxylic acids is 2. The standard InChI is InChI=1S/C56H81N6O4P/c1-12-15-36-61-49-28-21-19-26-47(49)55(10,11)51(61)32-30-45-39-44(29-31-50-54(8,9)46-25-18-20-27-48(46)60(50)35-13-2)40-56(41-45,52(63)58-14-3)53(64)59-34-22-16-17-23-37-65-67(66-38-24-33-57)62(42(4)5)43(6)7/h18-21,25-32,39,42-43H,12-17,22-24,34-38,40-41H2,1-11H3,(H-,58,59,63,64)/p+1. The molecule has 2 atom stereocenters. The van der Waals surface area contributed by atoms with Crippen LogP contribution in [0.1, 0.15) is 151 Å². The van der Waals surface area contributed by atoms with Crippen LogP contribution in [0.15, 0.2) is 95.8 Å². The molecule has 2 N–H and O–H groups in total. The number of fused-ring (bicyclic) bond motifs is 2. The third-order valence-electron chi connectivity index (χ3n) is 13.5. The average molecular weight is 934 g/mol. The van der Waals surface area contributed by atoms with E-state index in [0.717, 1.165) is 69.2 Å². The SMILES string of the molecule is CCCCN1C(=CC=C2C=C(C=CC3=[N+](CCC)c4ccccc4C3(C)C)CC(C(=O)NCC)(C(=O)NCCCCCCOP(OCCC#N)N(C(C)C)C(C)C)C2)C(C)(C)c2ccccc21. The van der Waals surface area contributed by atoms with E-state index in [1.807, 2.05) is 6.92 Å². The Hall–Kier alpha value is -4.39. The molecule has 364 valence electrons. The number of unbranched alkanes of at least 4 members (excludes halogenated alkanes) is 4. The number of nitrogens with zero attached hydrogens (tertiary/aromatic N) is 4. The third kappa shape index (κ3) is 12.6. The highest BCUT2D eigenvalue weighted by Gasteiger charge is 2.49. The molecule has 0 radical (unpaired) electrons. The second kappa shape index (κ2) is 24.8. The van der Waals surface area contributed by atoms with Gasteiger partial charge in [0, 0.05) is 72.6 Å². The lowest BCUT2D eigenvalue weighted by atomic mass is 9.70. The van der Waals surface area contributed by atoms with E-state index in [1.54, 1.807) is 0 Å². The summed E-state index contributed by atoms with van der Waals surface area (Å²) in [6.45, 7) is 27.7. The van der Waals surface area contributed by atoms with Crippen molar-refractivity contribution in [2.45, 2.75) is 163 Å². The number of nitriles is 1. The summed E-state index contributed by atoms with van der Waals surface area (Å²) in [5, 5.41) is 15.4. The van der Waals surface area contributed by atoms with E-state index in [0.29, 0.717) is 45.6 Å². The van der Waals surface area contributed by atoms with E-state index in [-0.39, 0.29) is 34.7 Å². The molecule has 10 nitrogen and oxygen atoms in total. The zero-order valence-corrected chi connectivity index (χ0v) is 43.7. The van der Waals surface area contributed by atoms with Gasteiger partial charge < -0.3 is 24.6 Å². The van der Waals surface area contributed by atoms with Crippen LogP contribution in [-0.2, 0) is 29.5 Å². The van der Waals surface area contributed by atoms with Gasteiger partial charge in [0.25, 0.3) is 8.53 Å². The zero-order valence-electron chi connectivity index (χ0n) is 42.8. The topological polar surface area (TPSA) is 110 Å². The largest absolute Gasteiger partial charge is 0.355 e. The molecule has 2 aliphatic heterocycles. The van der Waals surface area contributed by atoms with Crippen molar-refractivity contribution >= 4 is 37.4 Å². The minimum atomic E-state index is -1.33. The fraction of sp³-hybridized carbons (Fsp3) is 0.571. The Bertz CT molecular complexity index is 2200. The van der Waals surface area contributed by atoms with Crippen molar-refractivity contribution in [1.29, 1.82) is 5.26 Å². The normalized spacial score (nSPS) is 20.3. The molecule has 11 heteroatoms. The predicted octanol–water partition coefficient (Wildman–Crippen LogP) is 12.2. The molecule has 2 amide bonds. The number of carbonyl (C=O) groups is 2. The number of allylic oxidation sites excluding steroid dienone is 8. The summed E-state index contributed by atoms with van der Waals surface area (Å²) in [5.74, 6) is -0.464. The average Bonchev–Trinajstić information content (AvgIpc) is 3.64. The van der Waals surface area contributed by atoms with Gasteiger partial charge in [0.2, 0.25) is 17.5 Å². The van der Waals surface area contributed by atoms with Crippen LogP contribution in [0.4, 0.5) is 11.4 Å². The van der Waals surface area contributed by atoms with Gasteiger partial charge in [-0.1, -0.05) is 102 Å². The van der Waals surface area contributed by atoms with Gasteiger partial charge in [-0.2, -0.15) is 9.84 Å². The first-order valence-electron chi connectivity index (χ1n) is 25.3. The highest BCUT2D eigenvalue weighted by molar-refractivity contribution is 7.44. The third-order valence-corrected chi connectivity index (χ3v) is 15.6. The first-order chi connectivity index (χ1) is 32.1. The first kappa shape index (κ1) is 53.6. The lowest BCUT2D eigenvalue weighted by Gasteiger charge is -2.35. The maximum absolute atomic E-state index is 14.8. The molecular weight excluding hydrogens is 852 g/mol. The number of nitrogens with one attached hydrogen (secondary N) is 2. The first-order valence-corrected chi connectivity index (χ1v) is 26.4. The number of rotatable bonds is 25. The molecule has 2 aromatic carbocycles. The maximum Gasteiger partial charge on any atom is 0.259 e. The van der Waals surface area contributed by atoms with E-state index in [2.05, 4.69) is 179 Å². The van der Waals surface area contributed by atoms with Crippen molar-refractivity contribution in [2.24, 2.45) is 5.41 Å². The molecule has 5 rings (SSSR count). The van der Waals surface area contributed by atoms with Crippen LogP contribution in [0.3, 0.4) is 0 Å². The Kier molecular flexibility index (Phi) is 19.8. The van der Waals surface area contributed by atoms with Crippen molar-refractivity contribution in [1.82, 2.24) is 15.3 Å². The summed E-state index contributed by atoms with van der Waals surface area (Å²) < 4.78 is 17.0. The number of para-hydroxylation sites is 2. The number of benzene rings is 2. The molecule has 0 bridgehead atoms. The van der Waals surface area contributed by atoms with E-state index in [1.165, 1.54) is 33.9 Å². The van der Waals surface area contributed by atoms with E-state index in [9.17, 15) is 9.59 Å². The quantitative estimate of drug-likeness (QED) is 0.0442. The van der Waals surface area contributed by atoms with Gasteiger partial charge in [-0.3, -0.25) is 9.59 Å². The van der Waals surface area contributed by atoms with Gasteiger partial charge in [0.1, 0.15) is 12.0 Å². The molecule has 2 heterocycles. The molecule has 3 aliphatic rings. The summed E-state index contributed by atoms with van der Waals surface area (Å²) in [6, 6.07) is 20.1.